The van der Waals surface area contributed by atoms with Crippen LogP contribution in [0.15, 0.2) is 40.4 Å². The number of rotatable bonds is 8. The molecule has 2 heterocycles. The van der Waals surface area contributed by atoms with Crippen LogP contribution in [-0.4, -0.2) is 49.1 Å². The van der Waals surface area contributed by atoms with Gasteiger partial charge in [-0.1, -0.05) is 11.6 Å². The maximum atomic E-state index is 12.8. The first-order valence-corrected chi connectivity index (χ1v) is 9.79. The monoisotopic (exact) mass is 462 g/mol. The van der Waals surface area contributed by atoms with Gasteiger partial charge in [0.25, 0.3) is 5.91 Å². The maximum Gasteiger partial charge on any atom is 0.373 e. The maximum absolute atomic E-state index is 12.8. The Morgan fingerprint density at radius 1 is 1.22 bits per heavy atom. The summed E-state index contributed by atoms with van der Waals surface area (Å²) in [5, 5.41) is 2.83. The Labute approximate surface area is 187 Å². The number of halogens is 1. The lowest BCUT2D eigenvalue weighted by atomic mass is 10.1. The minimum Gasteiger partial charge on any atom is -0.481 e. The molecule has 2 aromatic rings. The number of amides is 3. The van der Waals surface area contributed by atoms with Gasteiger partial charge in [-0.05, 0) is 43.3 Å². The van der Waals surface area contributed by atoms with Crippen molar-refractivity contribution in [3.63, 3.8) is 0 Å². The number of carbonyl (C=O) groups excluding carboxylic acids is 4. The van der Waals surface area contributed by atoms with E-state index in [1.807, 2.05) is 0 Å². The van der Waals surface area contributed by atoms with E-state index in [9.17, 15) is 19.2 Å². The van der Waals surface area contributed by atoms with Gasteiger partial charge in [0.05, 0.1) is 20.3 Å². The Morgan fingerprint density at radius 3 is 2.72 bits per heavy atom. The summed E-state index contributed by atoms with van der Waals surface area (Å²) < 4.78 is 20.2. The van der Waals surface area contributed by atoms with Crippen molar-refractivity contribution in [3.05, 3.63) is 58.1 Å². The van der Waals surface area contributed by atoms with Gasteiger partial charge in [-0.3, -0.25) is 9.69 Å². The summed E-state index contributed by atoms with van der Waals surface area (Å²) in [6.07, 6.45) is 1.38. The molecule has 0 atom stereocenters. The van der Waals surface area contributed by atoms with Gasteiger partial charge in [0.15, 0.2) is 6.61 Å². The smallest absolute Gasteiger partial charge is 0.373 e. The molecule has 1 fully saturated rings. The summed E-state index contributed by atoms with van der Waals surface area (Å²) in [4.78, 5) is 49.1. The van der Waals surface area contributed by atoms with E-state index in [1.165, 1.54) is 37.5 Å². The number of nitrogens with one attached hydrogen (secondary N) is 1. The van der Waals surface area contributed by atoms with Gasteiger partial charge in [-0.15, -0.1) is 0 Å². The number of esters is 2. The number of nitrogens with zero attached hydrogens (tertiary/aromatic N) is 1. The Bertz CT molecular complexity index is 1090. The number of urea groups is 1. The topological polar surface area (TPSA) is 124 Å². The first kappa shape index (κ1) is 22.9. The Kier molecular flexibility index (Phi) is 7.16. The standard InChI is InChI=1S/C21H19ClN2O8/c1-3-30-18(25)11-31-16-6-4-13(22)8-12(16)9-15-19(26)24(21(28)23-15)10-14-5-7-17(32-14)20(27)29-2/h4-9H,3,10-11H2,1-2H3,(H,23,28)/b15-9-. The molecule has 0 spiro atoms. The molecule has 32 heavy (non-hydrogen) atoms. The van der Waals surface area contributed by atoms with Gasteiger partial charge in [0.2, 0.25) is 5.76 Å². The summed E-state index contributed by atoms with van der Waals surface area (Å²) in [5.41, 5.74) is 0.344. The van der Waals surface area contributed by atoms with Gasteiger partial charge in [-0.25, -0.2) is 14.4 Å². The number of ether oxygens (including phenoxy) is 3. The molecule has 1 aromatic carbocycles. The molecule has 1 aliphatic rings. The number of imide groups is 1. The number of hydrogen-bond donors (Lipinski definition) is 1. The molecule has 1 aliphatic heterocycles. The Morgan fingerprint density at radius 2 is 2.00 bits per heavy atom. The molecule has 168 valence electrons. The molecule has 0 bridgehead atoms. The van der Waals surface area contributed by atoms with Crippen LogP contribution in [0, 0.1) is 0 Å². The molecule has 1 saturated heterocycles. The van der Waals surface area contributed by atoms with E-state index in [-0.39, 0.29) is 42.7 Å². The van der Waals surface area contributed by atoms with Gasteiger partial charge < -0.3 is 23.9 Å². The highest BCUT2D eigenvalue weighted by molar-refractivity contribution is 6.30. The SMILES string of the molecule is CCOC(=O)COc1ccc(Cl)cc1/C=C1\NC(=O)N(Cc2ccc(C(=O)OC)o2)C1=O. The lowest BCUT2D eigenvalue weighted by molar-refractivity contribution is -0.145. The highest BCUT2D eigenvalue weighted by atomic mass is 35.5. The predicted octanol–water partition coefficient (Wildman–Crippen LogP) is 2.75. The van der Waals surface area contributed by atoms with E-state index < -0.39 is 23.9 Å². The lowest BCUT2D eigenvalue weighted by Crippen LogP contribution is -2.30. The molecule has 11 heteroatoms. The molecule has 3 rings (SSSR count). The van der Waals surface area contributed by atoms with Crippen molar-refractivity contribution >= 4 is 41.6 Å². The van der Waals surface area contributed by atoms with E-state index in [2.05, 4.69) is 10.1 Å². The van der Waals surface area contributed by atoms with Crippen molar-refractivity contribution in [1.82, 2.24) is 10.2 Å². The largest absolute Gasteiger partial charge is 0.481 e. The molecule has 0 saturated carbocycles. The predicted molar refractivity (Wildman–Crippen MR) is 111 cm³/mol. The first-order valence-electron chi connectivity index (χ1n) is 9.42. The van der Waals surface area contributed by atoms with Gasteiger partial charge in [-0.2, -0.15) is 0 Å². The van der Waals surface area contributed by atoms with Crippen LogP contribution in [0.2, 0.25) is 5.02 Å². The number of carbonyl (C=O) groups is 4. The normalized spacial score (nSPS) is 14.5. The van der Waals surface area contributed by atoms with E-state index in [4.69, 9.17) is 25.5 Å². The van der Waals surface area contributed by atoms with Crippen molar-refractivity contribution in [3.8, 4) is 5.75 Å². The molecule has 0 radical (unpaired) electrons. The summed E-state index contributed by atoms with van der Waals surface area (Å²) >= 11 is 6.05. The van der Waals surface area contributed by atoms with Gasteiger partial charge >= 0.3 is 18.0 Å². The average molecular weight is 463 g/mol. The number of hydrogen-bond acceptors (Lipinski definition) is 8. The zero-order chi connectivity index (χ0) is 23.3. The van der Waals surface area contributed by atoms with Crippen molar-refractivity contribution in [1.29, 1.82) is 0 Å². The van der Waals surface area contributed by atoms with E-state index in [0.29, 0.717) is 10.6 Å². The summed E-state index contributed by atoms with van der Waals surface area (Å²) in [6.45, 7) is 1.36. The van der Waals surface area contributed by atoms with E-state index in [0.717, 1.165) is 4.90 Å². The van der Waals surface area contributed by atoms with E-state index >= 15 is 0 Å². The van der Waals surface area contributed by atoms with Crippen molar-refractivity contribution in [2.45, 2.75) is 13.5 Å². The highest BCUT2D eigenvalue weighted by Gasteiger charge is 2.34. The molecule has 0 unspecified atom stereocenters. The van der Waals surface area contributed by atoms with Crippen LogP contribution in [0.1, 0.15) is 28.8 Å². The van der Waals surface area contributed by atoms with Crippen molar-refractivity contribution in [2.75, 3.05) is 20.3 Å². The van der Waals surface area contributed by atoms with Crippen LogP contribution in [0.5, 0.6) is 5.75 Å². The number of furan rings is 1. The van der Waals surface area contributed by atoms with Crippen LogP contribution in [0.4, 0.5) is 4.79 Å². The average Bonchev–Trinajstić information content (AvgIpc) is 3.33. The summed E-state index contributed by atoms with van der Waals surface area (Å²) in [7, 11) is 1.21. The second-order valence-corrected chi connectivity index (χ2v) is 6.85. The van der Waals surface area contributed by atoms with Crippen molar-refractivity contribution < 1.29 is 37.8 Å². The minimum absolute atomic E-state index is 0.0296. The molecule has 3 amide bonds. The van der Waals surface area contributed by atoms with Crippen LogP contribution in [0.3, 0.4) is 0 Å². The zero-order valence-electron chi connectivity index (χ0n) is 17.2. The zero-order valence-corrected chi connectivity index (χ0v) is 17.9. The molecular weight excluding hydrogens is 444 g/mol. The molecular formula is C21H19ClN2O8. The Balaban J connectivity index is 1.78. The molecule has 1 N–H and O–H groups in total. The first-order chi connectivity index (χ1) is 15.3. The third-order valence-electron chi connectivity index (χ3n) is 4.25. The summed E-state index contributed by atoms with van der Waals surface area (Å²) in [5.74, 6) is -1.41. The molecule has 10 nitrogen and oxygen atoms in total. The van der Waals surface area contributed by atoms with Gasteiger partial charge in [0, 0.05) is 10.6 Å². The Hall–Kier alpha value is -3.79. The van der Waals surface area contributed by atoms with Crippen LogP contribution < -0.4 is 10.1 Å². The lowest BCUT2D eigenvalue weighted by Gasteiger charge is -2.10. The molecule has 1 aromatic heterocycles. The number of benzene rings is 1. The quantitative estimate of drug-likeness (QED) is 0.360. The molecule has 0 aliphatic carbocycles. The summed E-state index contributed by atoms with van der Waals surface area (Å²) in [6, 6.07) is 6.79. The minimum atomic E-state index is -0.676. The fraction of sp³-hybridized carbons (Fsp3) is 0.238. The van der Waals surface area contributed by atoms with Gasteiger partial charge in [0.1, 0.15) is 17.2 Å². The highest BCUT2D eigenvalue weighted by Crippen LogP contribution is 2.27. The van der Waals surface area contributed by atoms with Crippen LogP contribution in [-0.2, 0) is 25.6 Å². The second-order valence-electron chi connectivity index (χ2n) is 6.41. The van der Waals surface area contributed by atoms with Crippen LogP contribution >= 0.6 is 11.6 Å². The second kappa shape index (κ2) is 10.0. The fourth-order valence-electron chi connectivity index (χ4n) is 2.80. The number of methoxy groups -OCH3 is 1. The third-order valence-corrected chi connectivity index (χ3v) is 4.48. The third kappa shape index (κ3) is 5.27. The van der Waals surface area contributed by atoms with E-state index in [1.54, 1.807) is 13.0 Å². The fourth-order valence-corrected chi connectivity index (χ4v) is 2.98. The van der Waals surface area contributed by atoms with Crippen LogP contribution in [0.25, 0.3) is 6.08 Å². The van der Waals surface area contributed by atoms with Crippen molar-refractivity contribution in [2.24, 2.45) is 0 Å².